The molecule has 0 unspecified atom stereocenters. The molecule has 2 aromatic carbocycles. The van der Waals surface area contributed by atoms with Gasteiger partial charge in [-0.25, -0.2) is 0 Å². The number of hydrogen-bond acceptors (Lipinski definition) is 7. The lowest BCUT2D eigenvalue weighted by molar-refractivity contribution is -0.123. The number of halogens is 1. The number of carbonyl (C=O) groups excluding carboxylic acids is 2. The molecule has 1 aliphatic heterocycles. The fourth-order valence-corrected chi connectivity index (χ4v) is 4.66. The van der Waals surface area contributed by atoms with E-state index >= 15 is 0 Å². The molecule has 2 amide bonds. The Morgan fingerprint density at radius 2 is 2.00 bits per heavy atom. The molecule has 3 rings (SSSR count). The largest absolute Gasteiger partial charge is 0.497 e. The first-order valence-electron chi connectivity index (χ1n) is 9.04. The van der Waals surface area contributed by atoms with Gasteiger partial charge in [-0.15, -0.1) is 6.42 Å². The summed E-state index contributed by atoms with van der Waals surface area (Å²) in [6.07, 6.45) is 6.94. The number of hydrogen-bond donors (Lipinski definition) is 1. The van der Waals surface area contributed by atoms with Crippen molar-refractivity contribution in [2.75, 3.05) is 20.8 Å². The van der Waals surface area contributed by atoms with Crippen molar-refractivity contribution in [1.29, 1.82) is 0 Å². The summed E-state index contributed by atoms with van der Waals surface area (Å²) in [5, 5.41) is 1.06. The van der Waals surface area contributed by atoms with Gasteiger partial charge in [-0.1, -0.05) is 17.7 Å². The molecule has 1 saturated heterocycles. The van der Waals surface area contributed by atoms with Gasteiger partial charge >= 0.3 is 0 Å². The van der Waals surface area contributed by atoms with Gasteiger partial charge in [0, 0.05) is 5.56 Å². The molecule has 10 heteroatoms. The molecule has 0 aromatic heterocycles. The van der Waals surface area contributed by atoms with Gasteiger partial charge in [0.2, 0.25) is 0 Å². The monoisotopic (exact) mass is 580 g/mol. The van der Waals surface area contributed by atoms with Crippen LogP contribution in [0.5, 0.6) is 17.2 Å². The topological polar surface area (TPSA) is 77.1 Å². The smallest absolute Gasteiger partial charge is 0.285 e. The average molecular weight is 580 g/mol. The zero-order valence-corrected chi connectivity index (χ0v) is 20.8. The molecule has 0 atom stereocenters. The van der Waals surface area contributed by atoms with E-state index in [9.17, 15) is 9.59 Å². The van der Waals surface area contributed by atoms with Crippen LogP contribution in [0.25, 0.3) is 6.08 Å². The van der Waals surface area contributed by atoms with Crippen molar-refractivity contribution in [3.63, 3.8) is 0 Å². The maximum Gasteiger partial charge on any atom is 0.285 e. The molecule has 32 heavy (non-hydrogen) atoms. The van der Waals surface area contributed by atoms with Crippen LogP contribution in [0.2, 0.25) is 0 Å². The molecule has 0 spiro atoms. The Labute approximate surface area is 208 Å². The Balaban J connectivity index is 1.79. The Morgan fingerprint density at radius 1 is 1.28 bits per heavy atom. The van der Waals surface area contributed by atoms with Gasteiger partial charge in [-0.3, -0.25) is 15.0 Å². The second-order valence-corrected chi connectivity index (χ2v) is 9.05. The van der Waals surface area contributed by atoms with Gasteiger partial charge in [0.25, 0.3) is 11.8 Å². The summed E-state index contributed by atoms with van der Waals surface area (Å²) in [4.78, 5) is 25.8. The predicted molar refractivity (Wildman–Crippen MR) is 136 cm³/mol. The van der Waals surface area contributed by atoms with E-state index in [-0.39, 0.29) is 10.9 Å². The number of terminal acetylenes is 1. The molecule has 1 fully saturated rings. The summed E-state index contributed by atoms with van der Waals surface area (Å²) in [5.41, 5.74) is 3.63. The van der Waals surface area contributed by atoms with Crippen molar-refractivity contribution in [3.05, 3.63) is 56.0 Å². The van der Waals surface area contributed by atoms with Crippen LogP contribution in [-0.2, 0) is 4.79 Å². The Morgan fingerprint density at radius 3 is 2.62 bits per heavy atom. The molecule has 1 N–H and O–H groups in total. The fraction of sp³-hybridized carbons (Fsp3) is 0.136. The van der Waals surface area contributed by atoms with Gasteiger partial charge in [0.15, 0.2) is 15.8 Å². The van der Waals surface area contributed by atoms with Crippen LogP contribution in [0.3, 0.4) is 0 Å². The molecule has 164 valence electrons. The Bertz CT molecular complexity index is 1140. The van der Waals surface area contributed by atoms with E-state index < -0.39 is 11.8 Å². The molecular formula is C22H17IN2O5S2. The predicted octanol–water partition coefficient (Wildman–Crippen LogP) is 3.87. The van der Waals surface area contributed by atoms with Gasteiger partial charge in [-0.2, -0.15) is 5.01 Å². The van der Waals surface area contributed by atoms with Crippen molar-refractivity contribution >= 4 is 68.8 Å². The number of rotatable bonds is 7. The molecule has 7 nitrogen and oxygen atoms in total. The molecule has 1 heterocycles. The van der Waals surface area contributed by atoms with Gasteiger partial charge in [0.1, 0.15) is 12.4 Å². The van der Waals surface area contributed by atoms with Gasteiger partial charge in [-0.05, 0) is 82.8 Å². The van der Waals surface area contributed by atoms with Crippen molar-refractivity contribution in [3.8, 4) is 29.6 Å². The summed E-state index contributed by atoms with van der Waals surface area (Å²) < 4.78 is 17.0. The summed E-state index contributed by atoms with van der Waals surface area (Å²) in [7, 11) is 3.06. The first kappa shape index (κ1) is 23.9. The number of amides is 2. The molecule has 0 bridgehead atoms. The van der Waals surface area contributed by atoms with E-state index in [0.29, 0.717) is 33.3 Å². The molecular weight excluding hydrogens is 563 g/mol. The summed E-state index contributed by atoms with van der Waals surface area (Å²) in [6.45, 7) is 0.109. The highest BCUT2D eigenvalue weighted by Crippen LogP contribution is 2.37. The van der Waals surface area contributed by atoms with E-state index in [4.69, 9.17) is 32.9 Å². The quantitative estimate of drug-likeness (QED) is 0.231. The third kappa shape index (κ3) is 5.35. The van der Waals surface area contributed by atoms with Crippen LogP contribution in [0.4, 0.5) is 0 Å². The van der Waals surface area contributed by atoms with Gasteiger partial charge < -0.3 is 14.2 Å². The van der Waals surface area contributed by atoms with Crippen molar-refractivity contribution in [2.24, 2.45) is 0 Å². The molecule has 0 aliphatic carbocycles. The van der Waals surface area contributed by atoms with Crippen LogP contribution in [0.1, 0.15) is 15.9 Å². The minimum Gasteiger partial charge on any atom is -0.497 e. The van der Waals surface area contributed by atoms with E-state index in [1.165, 1.54) is 14.2 Å². The lowest BCUT2D eigenvalue weighted by Crippen LogP contribution is -2.44. The molecule has 2 aromatic rings. The second kappa shape index (κ2) is 10.7. The van der Waals surface area contributed by atoms with Gasteiger partial charge in [0.05, 0.1) is 22.7 Å². The lowest BCUT2D eigenvalue weighted by Gasteiger charge is -2.15. The number of nitrogens with zero attached hydrogens (tertiary/aromatic N) is 1. The van der Waals surface area contributed by atoms with Crippen LogP contribution >= 0.6 is 46.6 Å². The number of thioether (sulfide) groups is 1. The maximum atomic E-state index is 12.9. The number of hydrazine groups is 1. The third-order valence-electron chi connectivity index (χ3n) is 4.21. The zero-order chi connectivity index (χ0) is 23.3. The molecule has 1 aliphatic rings. The van der Waals surface area contributed by atoms with Crippen molar-refractivity contribution < 1.29 is 23.8 Å². The number of ether oxygens (including phenoxy) is 3. The maximum absolute atomic E-state index is 12.9. The fourth-order valence-electron chi connectivity index (χ4n) is 2.70. The van der Waals surface area contributed by atoms with Crippen molar-refractivity contribution in [1.82, 2.24) is 10.4 Å². The number of nitrogens with one attached hydrogen (secondary N) is 1. The first-order chi connectivity index (χ1) is 15.4. The summed E-state index contributed by atoms with van der Waals surface area (Å²) in [5.74, 6) is 3.16. The number of carbonyl (C=O) groups is 2. The number of benzene rings is 2. The van der Waals surface area contributed by atoms with Crippen LogP contribution < -0.4 is 19.6 Å². The Kier molecular flexibility index (Phi) is 8.00. The number of thiocarbonyl (C=S) groups is 1. The zero-order valence-electron chi connectivity index (χ0n) is 17.0. The minimum atomic E-state index is -0.462. The van der Waals surface area contributed by atoms with E-state index in [1.807, 2.05) is 6.07 Å². The first-order valence-corrected chi connectivity index (χ1v) is 11.3. The average Bonchev–Trinajstić information content (AvgIpc) is 3.05. The second-order valence-electron chi connectivity index (χ2n) is 6.21. The van der Waals surface area contributed by atoms with Crippen molar-refractivity contribution in [2.45, 2.75) is 0 Å². The Hall–Kier alpha value is -2.75. The van der Waals surface area contributed by atoms with Crippen LogP contribution in [-0.4, -0.2) is 42.0 Å². The summed E-state index contributed by atoms with van der Waals surface area (Å²) >= 11 is 8.49. The highest BCUT2D eigenvalue weighted by molar-refractivity contribution is 14.1. The van der Waals surface area contributed by atoms with E-state index in [1.54, 1.807) is 36.4 Å². The highest BCUT2D eigenvalue weighted by atomic mass is 127. The third-order valence-corrected chi connectivity index (χ3v) is 6.31. The van der Waals surface area contributed by atoms with Crippen LogP contribution in [0, 0.1) is 15.9 Å². The number of methoxy groups -OCH3 is 2. The minimum absolute atomic E-state index is 0.109. The summed E-state index contributed by atoms with van der Waals surface area (Å²) in [6, 6.07) is 10.1. The SMILES string of the molecule is C#CCOc1c(I)cc(/C=C2/SC(=S)N(NC(=O)c3ccc(OC)cc3)C2=O)cc1OC. The molecule has 0 saturated carbocycles. The standard InChI is InChI=1S/C22H17IN2O5S2/c1-4-9-30-19-16(23)10-13(11-17(19)29-3)12-18-21(27)25(22(31)32-18)24-20(26)14-5-7-15(28-2)8-6-14/h1,5-8,10-12H,9H2,2-3H3,(H,24,26)/b18-12+. The molecule has 0 radical (unpaired) electrons. The highest BCUT2D eigenvalue weighted by Gasteiger charge is 2.34. The van der Waals surface area contributed by atoms with E-state index in [0.717, 1.165) is 20.3 Å². The lowest BCUT2D eigenvalue weighted by atomic mass is 10.2. The van der Waals surface area contributed by atoms with E-state index in [2.05, 4.69) is 33.9 Å². The normalized spacial score (nSPS) is 14.3. The van der Waals surface area contributed by atoms with Crippen LogP contribution in [0.15, 0.2) is 41.3 Å².